The lowest BCUT2D eigenvalue weighted by Gasteiger charge is -2.33. The van der Waals surface area contributed by atoms with Gasteiger partial charge in [0, 0.05) is 30.1 Å². The molecule has 1 N–H and O–H groups in total. The van der Waals surface area contributed by atoms with Gasteiger partial charge in [-0.25, -0.2) is 4.99 Å². The predicted molar refractivity (Wildman–Crippen MR) is 165 cm³/mol. The summed E-state index contributed by atoms with van der Waals surface area (Å²) >= 11 is 14.8. The maximum atomic E-state index is 13.6. The van der Waals surface area contributed by atoms with Crippen molar-refractivity contribution < 1.29 is 9.21 Å². The van der Waals surface area contributed by atoms with E-state index >= 15 is 0 Å². The normalized spacial score (nSPS) is 15.6. The van der Waals surface area contributed by atoms with Crippen LogP contribution >= 0.6 is 54.8 Å². The maximum absolute atomic E-state index is 13.6. The third-order valence-electron chi connectivity index (χ3n) is 6.93. The van der Waals surface area contributed by atoms with Crippen LogP contribution in [0.3, 0.4) is 0 Å². The zero-order valence-electron chi connectivity index (χ0n) is 21.3. The monoisotopic (exact) mass is 672 g/mol. The lowest BCUT2D eigenvalue weighted by atomic mass is 9.72. The van der Waals surface area contributed by atoms with Gasteiger partial charge in [0.15, 0.2) is 0 Å². The first-order valence-electron chi connectivity index (χ1n) is 12.4. The molecule has 0 aliphatic heterocycles. The number of furan rings is 1. The van der Waals surface area contributed by atoms with Crippen LogP contribution in [-0.4, -0.2) is 12.1 Å². The van der Waals surface area contributed by atoms with Crippen molar-refractivity contribution in [2.75, 3.05) is 5.32 Å². The average molecular weight is 675 g/mol. The standard InChI is InChI=1S/C30H27Br2ClN2O2S/c1-30(2,3)17-4-11-22-26(14-17)38-29(27(22)28(36)35-20-8-6-19(33)7-9-20)34-16-21-10-13-25(37-21)23-15-18(31)5-12-24(23)32/h5-10,12-13,15-17H,4,11,14H2,1-3H3,(H,35,36)/t17-/m0/s1. The van der Waals surface area contributed by atoms with Gasteiger partial charge in [0.25, 0.3) is 5.91 Å². The van der Waals surface area contributed by atoms with Gasteiger partial charge in [-0.15, -0.1) is 11.3 Å². The van der Waals surface area contributed by atoms with Crippen molar-refractivity contribution in [3.05, 3.63) is 90.3 Å². The molecule has 1 atom stereocenters. The van der Waals surface area contributed by atoms with Gasteiger partial charge in [-0.1, -0.05) is 64.2 Å². The van der Waals surface area contributed by atoms with Gasteiger partial charge in [-0.05, 0) is 90.8 Å². The van der Waals surface area contributed by atoms with E-state index in [0.717, 1.165) is 45.1 Å². The maximum Gasteiger partial charge on any atom is 0.259 e. The highest BCUT2D eigenvalue weighted by Gasteiger charge is 2.33. The molecule has 5 rings (SSSR count). The number of aliphatic imine (C=N–C) groups is 1. The van der Waals surface area contributed by atoms with Crippen LogP contribution in [0.5, 0.6) is 0 Å². The summed E-state index contributed by atoms with van der Waals surface area (Å²) in [6.45, 7) is 6.88. The molecule has 0 saturated carbocycles. The van der Waals surface area contributed by atoms with E-state index in [0.29, 0.717) is 33.0 Å². The Hall–Kier alpha value is -2.19. The van der Waals surface area contributed by atoms with Gasteiger partial charge in [-0.2, -0.15) is 0 Å². The summed E-state index contributed by atoms with van der Waals surface area (Å²) in [5.74, 6) is 1.77. The van der Waals surface area contributed by atoms with Crippen LogP contribution in [0.15, 0.2) is 73.0 Å². The number of nitrogens with zero attached hydrogens (tertiary/aromatic N) is 1. The minimum Gasteiger partial charge on any atom is -0.455 e. The summed E-state index contributed by atoms with van der Waals surface area (Å²) in [5.41, 5.74) is 3.63. The number of thiophene rings is 1. The molecule has 0 radical (unpaired) electrons. The van der Waals surface area contributed by atoms with Crippen LogP contribution in [0.1, 0.15) is 53.8 Å². The van der Waals surface area contributed by atoms with E-state index < -0.39 is 0 Å². The number of nitrogens with one attached hydrogen (secondary N) is 1. The number of hydrogen-bond acceptors (Lipinski definition) is 4. The SMILES string of the molecule is CC(C)(C)[C@H]1CCc2c(sc(N=Cc3ccc(-c4cc(Br)ccc4Br)o3)c2C(=O)Nc2ccc(Cl)cc2)C1. The van der Waals surface area contributed by atoms with Gasteiger partial charge in [0.05, 0.1) is 11.8 Å². The zero-order valence-corrected chi connectivity index (χ0v) is 26.0. The predicted octanol–water partition coefficient (Wildman–Crippen LogP) is 10.3. The molecule has 8 heteroatoms. The van der Waals surface area contributed by atoms with Gasteiger partial charge in [0.1, 0.15) is 16.5 Å². The summed E-state index contributed by atoms with van der Waals surface area (Å²) in [4.78, 5) is 19.6. The van der Waals surface area contributed by atoms with E-state index in [9.17, 15) is 4.79 Å². The number of rotatable bonds is 5. The number of fused-ring (bicyclic) bond motifs is 1. The summed E-state index contributed by atoms with van der Waals surface area (Å²) in [6.07, 6.45) is 4.59. The van der Waals surface area contributed by atoms with Crippen molar-refractivity contribution in [3.63, 3.8) is 0 Å². The Morgan fingerprint density at radius 2 is 1.89 bits per heavy atom. The number of carbonyl (C=O) groups excluding carboxylic acids is 1. The molecule has 2 aromatic heterocycles. The van der Waals surface area contributed by atoms with Crippen molar-refractivity contribution in [1.82, 2.24) is 0 Å². The molecule has 0 spiro atoms. The topological polar surface area (TPSA) is 54.6 Å². The third kappa shape index (κ3) is 6.01. The quantitative estimate of drug-likeness (QED) is 0.214. The molecule has 1 aliphatic carbocycles. The van der Waals surface area contributed by atoms with Crippen LogP contribution < -0.4 is 5.32 Å². The average Bonchev–Trinajstić information content (AvgIpc) is 3.49. The van der Waals surface area contributed by atoms with Gasteiger partial charge < -0.3 is 9.73 Å². The highest BCUT2D eigenvalue weighted by Crippen LogP contribution is 2.45. The second-order valence-corrected chi connectivity index (χ2v) is 13.8. The molecule has 196 valence electrons. The van der Waals surface area contributed by atoms with Gasteiger partial charge in [0.2, 0.25) is 0 Å². The highest BCUT2D eigenvalue weighted by molar-refractivity contribution is 9.11. The Balaban J connectivity index is 1.47. The molecular weight excluding hydrogens is 648 g/mol. The lowest BCUT2D eigenvalue weighted by Crippen LogP contribution is -2.27. The fourth-order valence-electron chi connectivity index (χ4n) is 4.74. The Bertz CT molecular complexity index is 1520. The van der Waals surface area contributed by atoms with Crippen LogP contribution in [0.4, 0.5) is 10.7 Å². The van der Waals surface area contributed by atoms with Crippen LogP contribution in [0, 0.1) is 11.3 Å². The lowest BCUT2D eigenvalue weighted by molar-refractivity contribution is 0.102. The Kier molecular flexibility index (Phi) is 8.01. The smallest absolute Gasteiger partial charge is 0.259 e. The molecule has 1 amide bonds. The second-order valence-electron chi connectivity index (χ2n) is 10.5. The van der Waals surface area contributed by atoms with E-state index in [1.807, 2.05) is 42.5 Å². The van der Waals surface area contributed by atoms with Crippen LogP contribution in [-0.2, 0) is 12.8 Å². The molecule has 0 bridgehead atoms. The van der Waals surface area contributed by atoms with E-state index in [2.05, 4.69) is 57.9 Å². The molecular formula is C30H27Br2ClN2O2S. The van der Waals surface area contributed by atoms with Gasteiger partial charge in [-0.3, -0.25) is 4.79 Å². The summed E-state index contributed by atoms with van der Waals surface area (Å²) in [7, 11) is 0. The summed E-state index contributed by atoms with van der Waals surface area (Å²) in [5, 5.41) is 4.37. The molecule has 0 fully saturated rings. The third-order valence-corrected chi connectivity index (χ3v) is 9.53. The molecule has 4 nitrogen and oxygen atoms in total. The van der Waals surface area contributed by atoms with E-state index in [4.69, 9.17) is 21.0 Å². The zero-order chi connectivity index (χ0) is 27.0. The van der Waals surface area contributed by atoms with Crippen LogP contribution in [0.25, 0.3) is 11.3 Å². The minimum absolute atomic E-state index is 0.149. The van der Waals surface area contributed by atoms with Crippen LogP contribution in [0.2, 0.25) is 5.02 Å². The van der Waals surface area contributed by atoms with E-state index in [1.54, 1.807) is 29.7 Å². The van der Waals surface area contributed by atoms with Gasteiger partial charge >= 0.3 is 0 Å². The Morgan fingerprint density at radius 1 is 1.13 bits per heavy atom. The summed E-state index contributed by atoms with van der Waals surface area (Å²) in [6, 6.07) is 16.9. The van der Waals surface area contributed by atoms with Crippen molar-refractivity contribution in [1.29, 1.82) is 0 Å². The number of halogens is 3. The molecule has 2 heterocycles. The second kappa shape index (κ2) is 11.1. The number of benzene rings is 2. The molecule has 0 unspecified atom stereocenters. The van der Waals surface area contributed by atoms with Crippen molar-refractivity contribution in [2.24, 2.45) is 16.3 Å². The Labute approximate surface area is 248 Å². The number of anilines is 1. The minimum atomic E-state index is -0.149. The first-order valence-corrected chi connectivity index (χ1v) is 15.2. The number of amides is 1. The summed E-state index contributed by atoms with van der Waals surface area (Å²) < 4.78 is 8.00. The first kappa shape index (κ1) is 27.4. The van der Waals surface area contributed by atoms with Crippen molar-refractivity contribution in [2.45, 2.75) is 40.0 Å². The molecule has 4 aromatic rings. The number of hydrogen-bond donors (Lipinski definition) is 1. The van der Waals surface area contributed by atoms with Crippen molar-refractivity contribution >= 4 is 77.6 Å². The Morgan fingerprint density at radius 3 is 2.63 bits per heavy atom. The molecule has 1 aliphatic rings. The largest absolute Gasteiger partial charge is 0.455 e. The first-order chi connectivity index (χ1) is 18.1. The highest BCUT2D eigenvalue weighted by atomic mass is 79.9. The molecule has 0 saturated heterocycles. The number of carbonyl (C=O) groups is 1. The molecule has 38 heavy (non-hydrogen) atoms. The van der Waals surface area contributed by atoms with E-state index in [-0.39, 0.29) is 11.3 Å². The fourth-order valence-corrected chi connectivity index (χ4v) is 6.94. The fraction of sp³-hybridized carbons (Fsp3) is 0.267. The van der Waals surface area contributed by atoms with E-state index in [1.165, 1.54) is 4.88 Å². The molecule has 2 aromatic carbocycles. The van der Waals surface area contributed by atoms with Crippen molar-refractivity contribution in [3.8, 4) is 11.3 Å².